The van der Waals surface area contributed by atoms with E-state index in [1.165, 1.54) is 28.3 Å². The van der Waals surface area contributed by atoms with Gasteiger partial charge in [-0.2, -0.15) is 0 Å². The molecule has 1 spiro atoms. The smallest absolute Gasteiger partial charge is 0.338 e. The number of carbonyl (C=O) groups is 2. The summed E-state index contributed by atoms with van der Waals surface area (Å²) in [6, 6.07) is 7.61. The van der Waals surface area contributed by atoms with E-state index in [1.807, 2.05) is 11.9 Å². The van der Waals surface area contributed by atoms with Crippen LogP contribution >= 0.6 is 0 Å². The van der Waals surface area contributed by atoms with Crippen molar-refractivity contribution in [3.05, 3.63) is 35.9 Å². The summed E-state index contributed by atoms with van der Waals surface area (Å²) in [5.41, 5.74) is -8.16. The van der Waals surface area contributed by atoms with Crippen LogP contribution in [0.2, 0.25) is 0 Å². The van der Waals surface area contributed by atoms with Crippen LogP contribution in [0.15, 0.2) is 30.3 Å². The molecule has 254 valence electrons. The van der Waals surface area contributed by atoms with E-state index in [2.05, 4.69) is 0 Å². The fourth-order valence-electron chi connectivity index (χ4n) is 12.2. The molecule has 5 aliphatic carbocycles. The highest BCUT2D eigenvalue weighted by Gasteiger charge is 2.96. The second kappa shape index (κ2) is 10.4. The Hall–Kier alpha value is -2.20. The van der Waals surface area contributed by atoms with Crippen molar-refractivity contribution in [3.63, 3.8) is 0 Å². The summed E-state index contributed by atoms with van der Waals surface area (Å²) in [5.74, 6) is -4.35. The minimum Gasteiger partial charge on any atom is -0.455 e. The van der Waals surface area contributed by atoms with Gasteiger partial charge in [0.15, 0.2) is 5.60 Å². The van der Waals surface area contributed by atoms with Gasteiger partial charge in [-0.15, -0.1) is 0 Å². The van der Waals surface area contributed by atoms with E-state index in [0.717, 1.165) is 0 Å². The second-order valence-corrected chi connectivity index (χ2v) is 14.4. The van der Waals surface area contributed by atoms with Crippen LogP contribution in [0.5, 0.6) is 0 Å². The van der Waals surface area contributed by atoms with Crippen LogP contribution in [0.25, 0.3) is 0 Å². The zero-order valence-corrected chi connectivity index (χ0v) is 27.0. The number of carbonyl (C=O) groups excluding carboxylic acids is 2. The van der Waals surface area contributed by atoms with Crippen LogP contribution in [-0.2, 0) is 33.2 Å². The molecule has 4 N–H and O–H groups in total. The fraction of sp³-hybridized carbons (Fsp3) is 0.758. The number of rotatable bonds is 8. The van der Waals surface area contributed by atoms with Gasteiger partial charge in [0.25, 0.3) is 0 Å². The van der Waals surface area contributed by atoms with E-state index in [1.54, 1.807) is 37.4 Å². The molecule has 1 saturated heterocycles. The number of fused-ring (bicyclic) bond motifs is 2. The highest BCUT2D eigenvalue weighted by molar-refractivity contribution is 5.89. The molecule has 15 atom stereocenters. The molecular formula is C33H45NO12. The van der Waals surface area contributed by atoms with Crippen LogP contribution in [0.4, 0.5) is 0 Å². The Kier molecular flexibility index (Phi) is 7.31. The maximum atomic E-state index is 13.7. The molecule has 13 heteroatoms. The number of benzene rings is 1. The fourth-order valence-corrected chi connectivity index (χ4v) is 12.2. The number of likely N-dealkylation sites (tertiary alicyclic amines) is 1. The number of nitrogens with zero attached hydrogens (tertiary/aromatic N) is 1. The van der Waals surface area contributed by atoms with Crippen LogP contribution < -0.4 is 0 Å². The van der Waals surface area contributed by atoms with Gasteiger partial charge in [-0.1, -0.05) is 18.2 Å². The lowest BCUT2D eigenvalue weighted by atomic mass is 9.40. The quantitative estimate of drug-likeness (QED) is 0.263. The first-order chi connectivity index (χ1) is 21.8. The lowest BCUT2D eigenvalue weighted by Gasteiger charge is -2.72. The Labute approximate surface area is 267 Å². The van der Waals surface area contributed by atoms with Gasteiger partial charge in [0.1, 0.15) is 23.9 Å². The Morgan fingerprint density at radius 3 is 2.26 bits per heavy atom. The molecule has 6 aliphatic rings. The molecule has 46 heavy (non-hydrogen) atoms. The Balaban J connectivity index is 1.56. The second-order valence-electron chi connectivity index (χ2n) is 14.4. The Bertz CT molecular complexity index is 1400. The van der Waals surface area contributed by atoms with Crippen molar-refractivity contribution in [3.8, 4) is 0 Å². The molecule has 0 aromatic heterocycles. The summed E-state index contributed by atoms with van der Waals surface area (Å²) in [7, 11) is 7.77. The summed E-state index contributed by atoms with van der Waals surface area (Å²) in [4.78, 5) is 28.9. The summed E-state index contributed by atoms with van der Waals surface area (Å²) >= 11 is 0. The summed E-state index contributed by atoms with van der Waals surface area (Å²) in [6.07, 6.45) is -7.39. The summed E-state index contributed by atoms with van der Waals surface area (Å²) < 4.78 is 36.7. The van der Waals surface area contributed by atoms with Gasteiger partial charge in [0, 0.05) is 83.5 Å². The number of esters is 2. The third kappa shape index (κ3) is 3.41. The number of aliphatic hydroxyl groups excluding tert-OH is 2. The predicted octanol–water partition coefficient (Wildman–Crippen LogP) is -0.627. The highest BCUT2D eigenvalue weighted by Crippen LogP contribution is 2.81. The van der Waals surface area contributed by atoms with Gasteiger partial charge in [0.05, 0.1) is 42.0 Å². The van der Waals surface area contributed by atoms with Gasteiger partial charge in [-0.25, -0.2) is 4.79 Å². The van der Waals surface area contributed by atoms with Crippen LogP contribution in [0.3, 0.4) is 0 Å². The number of aliphatic hydroxyl groups is 4. The number of methoxy groups -OCH3 is 4. The van der Waals surface area contributed by atoms with E-state index >= 15 is 0 Å². The third-order valence-electron chi connectivity index (χ3n) is 12.9. The molecule has 7 rings (SSSR count). The Morgan fingerprint density at radius 2 is 1.67 bits per heavy atom. The predicted molar refractivity (Wildman–Crippen MR) is 157 cm³/mol. The first-order valence-electron chi connectivity index (χ1n) is 15.9. The minimum atomic E-state index is -2.12. The van der Waals surface area contributed by atoms with E-state index in [9.17, 15) is 30.0 Å². The van der Waals surface area contributed by atoms with Gasteiger partial charge in [0.2, 0.25) is 0 Å². The van der Waals surface area contributed by atoms with Crippen molar-refractivity contribution in [1.82, 2.24) is 4.90 Å². The third-order valence-corrected chi connectivity index (χ3v) is 12.9. The van der Waals surface area contributed by atoms with E-state index in [-0.39, 0.29) is 18.6 Å². The molecule has 1 aromatic rings. The monoisotopic (exact) mass is 647 g/mol. The van der Waals surface area contributed by atoms with Crippen LogP contribution in [0, 0.1) is 28.6 Å². The van der Waals surface area contributed by atoms with Gasteiger partial charge in [-0.3, -0.25) is 4.79 Å². The van der Waals surface area contributed by atoms with E-state index in [4.69, 9.17) is 28.4 Å². The molecule has 7 bridgehead atoms. The normalized spacial score (nSPS) is 51.5. The molecule has 6 fully saturated rings. The van der Waals surface area contributed by atoms with Crippen molar-refractivity contribution < 1.29 is 58.4 Å². The molecule has 1 heterocycles. The maximum absolute atomic E-state index is 13.7. The van der Waals surface area contributed by atoms with Gasteiger partial charge >= 0.3 is 11.9 Å². The summed E-state index contributed by atoms with van der Waals surface area (Å²) in [6.45, 7) is 1.68. The number of ether oxygens (including phenoxy) is 6. The van der Waals surface area contributed by atoms with Crippen molar-refractivity contribution in [2.75, 3.05) is 48.6 Å². The average Bonchev–Trinajstić information content (AvgIpc) is 3.38. The number of hydrogen-bond donors (Lipinski definition) is 4. The molecule has 1 aliphatic heterocycles. The molecule has 13 nitrogen and oxygen atoms in total. The first kappa shape index (κ1) is 32.4. The van der Waals surface area contributed by atoms with Crippen molar-refractivity contribution in [2.45, 2.75) is 79.2 Å². The summed E-state index contributed by atoms with van der Waals surface area (Å²) in [5, 5.41) is 50.8. The van der Waals surface area contributed by atoms with Crippen molar-refractivity contribution in [2.24, 2.45) is 28.6 Å². The van der Waals surface area contributed by atoms with Crippen molar-refractivity contribution >= 4 is 11.9 Å². The van der Waals surface area contributed by atoms with Gasteiger partial charge < -0.3 is 53.7 Å². The van der Waals surface area contributed by atoms with E-state index < -0.39 is 106 Å². The molecule has 0 radical (unpaired) electrons. The molecule has 2 unspecified atom stereocenters. The van der Waals surface area contributed by atoms with E-state index in [0.29, 0.717) is 6.54 Å². The maximum Gasteiger partial charge on any atom is 0.338 e. The van der Waals surface area contributed by atoms with Crippen molar-refractivity contribution in [1.29, 1.82) is 0 Å². The lowest BCUT2D eigenvalue weighted by molar-refractivity contribution is -0.353. The zero-order valence-electron chi connectivity index (χ0n) is 27.0. The highest BCUT2D eigenvalue weighted by atomic mass is 16.6. The lowest BCUT2D eigenvalue weighted by Crippen LogP contribution is -2.85. The zero-order chi connectivity index (χ0) is 33.2. The molecular weight excluding hydrogens is 602 g/mol. The van der Waals surface area contributed by atoms with Crippen LogP contribution in [-0.4, -0.2) is 145 Å². The first-order valence-corrected chi connectivity index (χ1v) is 15.9. The molecule has 1 aromatic carbocycles. The van der Waals surface area contributed by atoms with Gasteiger partial charge in [-0.05, 0) is 19.2 Å². The number of hydrogen-bond acceptors (Lipinski definition) is 13. The average molecular weight is 648 g/mol. The molecule has 5 saturated carbocycles. The molecule has 0 amide bonds. The van der Waals surface area contributed by atoms with Crippen LogP contribution in [0.1, 0.15) is 30.1 Å². The number of piperidine rings is 1. The SMILES string of the molecule is COC[C@]12CN(C)C3[C@H]4[C@H](OC)C1[C@@]3([C@@H](OC)C[C@H]2O)[C@]1(O)C[C@@]2(O)[C@H](OC(=O)c3ccccc3)[C@@H]1[C@]4(OC(C)=O)[C@@H](O)[C@@H]2OC. The Morgan fingerprint density at radius 1 is 0.978 bits per heavy atom. The largest absolute Gasteiger partial charge is 0.455 e. The standard InChI is InChI=1S/C33H45NO12/c1-16(35)46-33-20-21(43-5)22-29(15-41-3)14-34(2)24(20)32(22,19(42-4)12-18(29)36)31(40)13-30(39,27(44-6)25(33)37)26(23(31)33)45-28(38)17-10-8-7-9-11-17/h7-11,18-27,36-37,39-40H,12-15H2,1-6H3/t18-,19+,20-,21+,22?,23+,24?,25+,26-,27+,29+,30-,31+,32-,33+/m1/s1. The topological polar surface area (TPSA) is 174 Å². The minimum absolute atomic E-state index is 0.113.